The number of carbonyl (C=O) groups excluding carboxylic acids is 1. The molecule has 0 saturated carbocycles. The van der Waals surface area contributed by atoms with E-state index in [1.54, 1.807) is 18.2 Å². The smallest absolute Gasteiger partial charge is 0.243 e. The molecule has 0 spiro atoms. The second kappa shape index (κ2) is 7.16. The third-order valence-electron chi connectivity index (χ3n) is 2.79. The maximum Gasteiger partial charge on any atom is 0.243 e. The molecular formula is C15H13BrCl2N2O. The number of hydrogen-bond acceptors (Lipinski definition) is 2. The third-order valence-corrected chi connectivity index (χ3v) is 4.07. The Kier molecular flexibility index (Phi) is 5.51. The minimum atomic E-state index is -0.185. The molecule has 3 nitrogen and oxygen atoms in total. The van der Waals surface area contributed by atoms with E-state index in [2.05, 4.69) is 26.6 Å². The van der Waals surface area contributed by atoms with Gasteiger partial charge in [-0.15, -0.1) is 0 Å². The molecule has 110 valence electrons. The van der Waals surface area contributed by atoms with Crippen LogP contribution in [0.4, 0.5) is 11.4 Å². The largest absolute Gasteiger partial charge is 0.374 e. The molecule has 21 heavy (non-hydrogen) atoms. The minimum absolute atomic E-state index is 0.0732. The van der Waals surface area contributed by atoms with Crippen LogP contribution in [0.15, 0.2) is 40.9 Å². The Balaban J connectivity index is 1.99. The number of benzene rings is 2. The van der Waals surface area contributed by atoms with Crippen molar-refractivity contribution < 1.29 is 4.79 Å². The third kappa shape index (κ3) is 4.37. The summed E-state index contributed by atoms with van der Waals surface area (Å²) in [6.45, 7) is 2.06. The zero-order valence-electron chi connectivity index (χ0n) is 11.2. The first kappa shape index (κ1) is 16.1. The summed E-state index contributed by atoms with van der Waals surface area (Å²) >= 11 is 15.5. The lowest BCUT2D eigenvalue weighted by molar-refractivity contribution is -0.114. The molecular weight excluding hydrogens is 375 g/mol. The Labute approximate surface area is 141 Å². The zero-order valence-corrected chi connectivity index (χ0v) is 14.3. The van der Waals surface area contributed by atoms with Crippen LogP contribution in [0.2, 0.25) is 10.0 Å². The number of rotatable bonds is 4. The predicted molar refractivity (Wildman–Crippen MR) is 92.5 cm³/mol. The van der Waals surface area contributed by atoms with E-state index in [9.17, 15) is 4.79 Å². The molecule has 0 aliphatic carbocycles. The quantitative estimate of drug-likeness (QED) is 0.764. The van der Waals surface area contributed by atoms with E-state index in [0.717, 1.165) is 15.7 Å². The van der Waals surface area contributed by atoms with Crippen LogP contribution in [-0.4, -0.2) is 12.5 Å². The van der Waals surface area contributed by atoms with Gasteiger partial charge in [0.25, 0.3) is 0 Å². The summed E-state index contributed by atoms with van der Waals surface area (Å²) in [6.07, 6.45) is 0. The number of carbonyl (C=O) groups is 1. The number of hydrogen-bond donors (Lipinski definition) is 2. The highest BCUT2D eigenvalue weighted by Crippen LogP contribution is 2.29. The van der Waals surface area contributed by atoms with Crippen LogP contribution in [0.3, 0.4) is 0 Å². The van der Waals surface area contributed by atoms with Gasteiger partial charge in [-0.2, -0.15) is 0 Å². The molecule has 2 aromatic rings. The first-order valence-corrected chi connectivity index (χ1v) is 7.76. The minimum Gasteiger partial charge on any atom is -0.374 e. The molecule has 0 aliphatic heterocycles. The van der Waals surface area contributed by atoms with Gasteiger partial charge < -0.3 is 10.6 Å². The topological polar surface area (TPSA) is 41.1 Å². The molecule has 2 rings (SSSR count). The standard InChI is InChI=1S/C15H13BrCl2N2O/c1-9-5-6-13(10(16)7-9)20-14(21)8-19-15-11(17)3-2-4-12(15)18/h2-7,19H,8H2,1H3,(H,20,21). The molecule has 0 aromatic heterocycles. The first-order chi connectivity index (χ1) is 9.97. The van der Waals surface area contributed by atoms with E-state index in [4.69, 9.17) is 23.2 Å². The summed E-state index contributed by atoms with van der Waals surface area (Å²) in [5.74, 6) is -0.185. The number of nitrogens with one attached hydrogen (secondary N) is 2. The van der Waals surface area contributed by atoms with Crippen LogP contribution in [0.25, 0.3) is 0 Å². The molecule has 2 aromatic carbocycles. The van der Waals surface area contributed by atoms with Gasteiger partial charge in [-0.3, -0.25) is 4.79 Å². The van der Waals surface area contributed by atoms with Crippen molar-refractivity contribution >= 4 is 56.4 Å². The summed E-state index contributed by atoms with van der Waals surface area (Å²) in [5, 5.41) is 6.71. The molecule has 6 heteroatoms. The average molecular weight is 388 g/mol. The number of anilines is 2. The summed E-state index contributed by atoms with van der Waals surface area (Å²) in [7, 11) is 0. The van der Waals surface area contributed by atoms with Gasteiger partial charge in [0.05, 0.1) is 28.0 Å². The van der Waals surface area contributed by atoms with Gasteiger partial charge in [-0.1, -0.05) is 35.3 Å². The van der Waals surface area contributed by atoms with Crippen LogP contribution < -0.4 is 10.6 Å². The number of para-hydroxylation sites is 1. The van der Waals surface area contributed by atoms with Gasteiger partial charge in [0.1, 0.15) is 0 Å². The molecule has 0 aliphatic rings. The molecule has 0 bridgehead atoms. The molecule has 0 saturated heterocycles. The van der Waals surface area contributed by atoms with E-state index in [1.165, 1.54) is 0 Å². The highest BCUT2D eigenvalue weighted by atomic mass is 79.9. The monoisotopic (exact) mass is 386 g/mol. The second-order valence-electron chi connectivity index (χ2n) is 4.48. The molecule has 0 atom stereocenters. The summed E-state index contributed by atoms with van der Waals surface area (Å²) < 4.78 is 0.839. The first-order valence-electron chi connectivity index (χ1n) is 6.21. The second-order valence-corrected chi connectivity index (χ2v) is 6.15. The molecule has 0 heterocycles. The van der Waals surface area contributed by atoms with Gasteiger partial charge in [0.2, 0.25) is 5.91 Å². The van der Waals surface area contributed by atoms with Crippen LogP contribution in [0.5, 0.6) is 0 Å². The average Bonchev–Trinajstić information content (AvgIpc) is 2.41. The van der Waals surface area contributed by atoms with Crippen molar-refractivity contribution in [2.24, 2.45) is 0 Å². The lowest BCUT2D eigenvalue weighted by Gasteiger charge is -2.11. The highest BCUT2D eigenvalue weighted by molar-refractivity contribution is 9.10. The fourth-order valence-corrected chi connectivity index (χ4v) is 2.87. The molecule has 0 radical (unpaired) electrons. The molecule has 0 unspecified atom stereocenters. The SMILES string of the molecule is Cc1ccc(NC(=O)CNc2c(Cl)cccc2Cl)c(Br)c1. The zero-order chi connectivity index (χ0) is 15.4. The Morgan fingerprint density at radius 2 is 1.86 bits per heavy atom. The van der Waals surface area contributed by atoms with Crippen molar-refractivity contribution in [1.82, 2.24) is 0 Å². The van der Waals surface area contributed by atoms with Crippen molar-refractivity contribution in [1.29, 1.82) is 0 Å². The Bertz CT molecular complexity index is 656. The number of halogens is 3. The van der Waals surface area contributed by atoms with Crippen LogP contribution >= 0.6 is 39.1 Å². The van der Waals surface area contributed by atoms with Crippen LogP contribution in [0, 0.1) is 6.92 Å². The van der Waals surface area contributed by atoms with Gasteiger partial charge in [-0.25, -0.2) is 0 Å². The molecule has 0 fully saturated rings. The van der Waals surface area contributed by atoms with E-state index >= 15 is 0 Å². The van der Waals surface area contributed by atoms with Gasteiger partial charge in [0, 0.05) is 4.47 Å². The van der Waals surface area contributed by atoms with Crippen molar-refractivity contribution in [3.63, 3.8) is 0 Å². The van der Waals surface area contributed by atoms with E-state index < -0.39 is 0 Å². The lowest BCUT2D eigenvalue weighted by Crippen LogP contribution is -2.22. The van der Waals surface area contributed by atoms with Crippen molar-refractivity contribution in [2.45, 2.75) is 6.92 Å². The van der Waals surface area contributed by atoms with Gasteiger partial charge in [0.15, 0.2) is 0 Å². The fraction of sp³-hybridized carbons (Fsp3) is 0.133. The predicted octanol–water partition coefficient (Wildman–Crippen LogP) is 5.11. The number of aryl methyl sites for hydroxylation is 1. The fourth-order valence-electron chi connectivity index (χ4n) is 1.75. The maximum absolute atomic E-state index is 12.0. The van der Waals surface area contributed by atoms with Crippen molar-refractivity contribution in [2.75, 3.05) is 17.2 Å². The highest BCUT2D eigenvalue weighted by Gasteiger charge is 2.09. The molecule has 1 amide bonds. The Morgan fingerprint density at radius 1 is 1.19 bits per heavy atom. The van der Waals surface area contributed by atoms with E-state index in [-0.39, 0.29) is 12.5 Å². The lowest BCUT2D eigenvalue weighted by atomic mass is 10.2. The van der Waals surface area contributed by atoms with Crippen LogP contribution in [0.1, 0.15) is 5.56 Å². The maximum atomic E-state index is 12.0. The normalized spacial score (nSPS) is 10.3. The van der Waals surface area contributed by atoms with Crippen molar-refractivity contribution in [3.8, 4) is 0 Å². The van der Waals surface area contributed by atoms with Crippen molar-refractivity contribution in [3.05, 3.63) is 56.5 Å². The van der Waals surface area contributed by atoms with E-state index in [0.29, 0.717) is 15.7 Å². The van der Waals surface area contributed by atoms with E-state index in [1.807, 2.05) is 25.1 Å². The Morgan fingerprint density at radius 3 is 2.48 bits per heavy atom. The van der Waals surface area contributed by atoms with Gasteiger partial charge in [-0.05, 0) is 52.7 Å². The summed E-state index contributed by atoms with van der Waals surface area (Å²) in [4.78, 5) is 12.0. The molecule has 2 N–H and O–H groups in total. The Hall–Kier alpha value is -1.23. The summed E-state index contributed by atoms with van der Waals surface area (Å²) in [5.41, 5.74) is 2.39. The number of amides is 1. The van der Waals surface area contributed by atoms with Gasteiger partial charge >= 0.3 is 0 Å². The van der Waals surface area contributed by atoms with Crippen LogP contribution in [-0.2, 0) is 4.79 Å². The summed E-state index contributed by atoms with van der Waals surface area (Å²) in [6, 6.07) is 10.9.